The van der Waals surface area contributed by atoms with Crippen LogP contribution < -0.4 is 10.2 Å². The van der Waals surface area contributed by atoms with Crippen molar-refractivity contribution in [2.24, 2.45) is 5.10 Å². The number of aromatic nitrogens is 2. The van der Waals surface area contributed by atoms with E-state index in [1.165, 1.54) is 6.92 Å². The monoisotopic (exact) mass is 502 g/mol. The van der Waals surface area contributed by atoms with Crippen molar-refractivity contribution in [3.05, 3.63) is 114 Å². The summed E-state index contributed by atoms with van der Waals surface area (Å²) >= 11 is 0. The lowest BCUT2D eigenvalue weighted by molar-refractivity contribution is -0.131. The van der Waals surface area contributed by atoms with Crippen LogP contribution in [-0.2, 0) is 4.79 Å². The number of esters is 1. The second-order valence-electron chi connectivity index (χ2n) is 8.89. The number of nitrogens with zero attached hydrogens (tertiary/aromatic N) is 3. The Morgan fingerprint density at radius 3 is 2.37 bits per heavy atom. The van der Waals surface area contributed by atoms with Gasteiger partial charge in [-0.3, -0.25) is 9.59 Å². The number of para-hydroxylation sites is 1. The Morgan fingerprint density at radius 1 is 0.921 bits per heavy atom. The van der Waals surface area contributed by atoms with E-state index in [-0.39, 0.29) is 11.9 Å². The number of carbonyl (C=O) groups excluding carboxylic acids is 2. The van der Waals surface area contributed by atoms with Gasteiger partial charge in [0.2, 0.25) is 0 Å². The maximum absolute atomic E-state index is 13.2. The number of nitrogens with one attached hydrogen (secondary N) is 1. The van der Waals surface area contributed by atoms with Crippen LogP contribution in [0.4, 0.5) is 0 Å². The van der Waals surface area contributed by atoms with Crippen molar-refractivity contribution >= 4 is 29.0 Å². The first-order valence-corrected chi connectivity index (χ1v) is 12.2. The molecule has 0 saturated heterocycles. The second-order valence-corrected chi connectivity index (χ2v) is 8.89. The summed E-state index contributed by atoms with van der Waals surface area (Å²) in [6.07, 6.45) is 1.64. The molecule has 7 nitrogen and oxygen atoms in total. The van der Waals surface area contributed by atoms with Crippen LogP contribution >= 0.6 is 0 Å². The zero-order chi connectivity index (χ0) is 26.6. The standard InChI is InChI=1S/C31H26N4O3/c1-20-17-24(21(2)35(20)25-13-15-26(16-14-25)38-22(3)36)19-32-34-31(37)28-18-30(23-9-5-4-6-10-23)33-29-12-8-7-11-27(28)29/h4-19H,1-3H3,(H,34,37)/b32-19+. The molecule has 0 saturated carbocycles. The van der Waals surface area contributed by atoms with E-state index in [0.717, 1.165) is 44.8 Å². The summed E-state index contributed by atoms with van der Waals surface area (Å²) in [6, 6.07) is 28.4. The third kappa shape index (κ3) is 5.08. The first-order valence-electron chi connectivity index (χ1n) is 12.2. The Kier molecular flexibility index (Phi) is 6.82. The van der Waals surface area contributed by atoms with Crippen molar-refractivity contribution in [3.8, 4) is 22.7 Å². The van der Waals surface area contributed by atoms with Crippen LogP contribution in [0.25, 0.3) is 27.8 Å². The number of fused-ring (bicyclic) bond motifs is 1. The van der Waals surface area contributed by atoms with Gasteiger partial charge in [-0.15, -0.1) is 0 Å². The van der Waals surface area contributed by atoms with Gasteiger partial charge in [0.05, 0.1) is 23.0 Å². The molecule has 5 rings (SSSR count). The molecule has 2 heterocycles. The minimum atomic E-state index is -0.359. The van der Waals surface area contributed by atoms with Crippen LogP contribution in [0.5, 0.6) is 5.75 Å². The van der Waals surface area contributed by atoms with Gasteiger partial charge in [0.1, 0.15) is 5.75 Å². The SMILES string of the molecule is CC(=O)Oc1ccc(-n2c(C)cc(/C=N/NC(=O)c3cc(-c4ccccc4)nc4ccccc34)c2C)cc1. The van der Waals surface area contributed by atoms with Gasteiger partial charge in [-0.25, -0.2) is 10.4 Å². The van der Waals surface area contributed by atoms with Gasteiger partial charge in [-0.1, -0.05) is 48.5 Å². The molecule has 0 aliphatic carbocycles. The largest absolute Gasteiger partial charge is 0.427 e. The lowest BCUT2D eigenvalue weighted by atomic mass is 10.0. The maximum Gasteiger partial charge on any atom is 0.308 e. The quantitative estimate of drug-likeness (QED) is 0.134. The summed E-state index contributed by atoms with van der Waals surface area (Å²) in [5.41, 5.74) is 9.35. The van der Waals surface area contributed by atoms with Crippen molar-refractivity contribution in [1.82, 2.24) is 15.0 Å². The highest BCUT2D eigenvalue weighted by atomic mass is 16.5. The number of ether oxygens (including phenoxy) is 1. The van der Waals surface area contributed by atoms with Crippen molar-refractivity contribution in [2.75, 3.05) is 0 Å². The third-order valence-corrected chi connectivity index (χ3v) is 6.23. The lowest BCUT2D eigenvalue weighted by Crippen LogP contribution is -2.18. The van der Waals surface area contributed by atoms with Crippen LogP contribution in [0.1, 0.15) is 34.2 Å². The molecule has 0 aliphatic heterocycles. The molecule has 0 radical (unpaired) electrons. The zero-order valence-electron chi connectivity index (χ0n) is 21.3. The topological polar surface area (TPSA) is 85.6 Å². The van der Waals surface area contributed by atoms with Gasteiger partial charge in [0.15, 0.2) is 0 Å². The second kappa shape index (κ2) is 10.5. The molecular weight excluding hydrogens is 476 g/mol. The van der Waals surface area contributed by atoms with Gasteiger partial charge < -0.3 is 9.30 Å². The van der Waals surface area contributed by atoms with E-state index >= 15 is 0 Å². The number of hydrogen-bond acceptors (Lipinski definition) is 5. The number of carbonyl (C=O) groups is 2. The molecule has 5 aromatic rings. The number of hydrazone groups is 1. The average molecular weight is 503 g/mol. The number of pyridine rings is 1. The molecule has 0 aliphatic rings. The predicted molar refractivity (Wildman–Crippen MR) is 149 cm³/mol. The Labute approximate surface area is 220 Å². The molecule has 188 valence electrons. The minimum Gasteiger partial charge on any atom is -0.427 e. The van der Waals surface area contributed by atoms with Crippen molar-refractivity contribution in [3.63, 3.8) is 0 Å². The Morgan fingerprint density at radius 2 is 1.63 bits per heavy atom. The summed E-state index contributed by atoms with van der Waals surface area (Å²) in [7, 11) is 0. The van der Waals surface area contributed by atoms with Gasteiger partial charge >= 0.3 is 5.97 Å². The molecule has 1 amide bonds. The fourth-order valence-corrected chi connectivity index (χ4v) is 4.49. The van der Waals surface area contributed by atoms with E-state index in [9.17, 15) is 9.59 Å². The number of hydrogen-bond donors (Lipinski definition) is 1. The highest BCUT2D eigenvalue weighted by Crippen LogP contribution is 2.25. The molecule has 0 atom stereocenters. The van der Waals surface area contributed by atoms with E-state index in [1.807, 2.05) is 86.6 Å². The molecular formula is C31H26N4O3. The molecule has 0 bridgehead atoms. The average Bonchev–Trinajstić information content (AvgIpc) is 3.21. The smallest absolute Gasteiger partial charge is 0.308 e. The van der Waals surface area contributed by atoms with Crippen LogP contribution in [0, 0.1) is 13.8 Å². The van der Waals surface area contributed by atoms with Gasteiger partial charge in [0, 0.05) is 40.5 Å². The number of rotatable bonds is 6. The van der Waals surface area contributed by atoms with Crippen LogP contribution in [0.15, 0.2) is 96.1 Å². The van der Waals surface area contributed by atoms with Gasteiger partial charge in [-0.05, 0) is 56.3 Å². The predicted octanol–water partition coefficient (Wildman–Crippen LogP) is 6.00. The Balaban J connectivity index is 1.39. The molecule has 3 aromatic carbocycles. The summed E-state index contributed by atoms with van der Waals surface area (Å²) in [4.78, 5) is 29.2. The summed E-state index contributed by atoms with van der Waals surface area (Å²) in [5, 5.41) is 5.03. The molecule has 0 unspecified atom stereocenters. The highest BCUT2D eigenvalue weighted by molar-refractivity contribution is 6.07. The summed E-state index contributed by atoms with van der Waals surface area (Å²) in [6.45, 7) is 5.35. The lowest BCUT2D eigenvalue weighted by Gasteiger charge is -2.10. The van der Waals surface area contributed by atoms with E-state index in [4.69, 9.17) is 9.72 Å². The normalized spacial score (nSPS) is 11.1. The van der Waals surface area contributed by atoms with Crippen LogP contribution in [0.3, 0.4) is 0 Å². The molecule has 0 spiro atoms. The van der Waals surface area contributed by atoms with Crippen LogP contribution in [0.2, 0.25) is 0 Å². The Hall–Kier alpha value is -5.04. The molecule has 1 N–H and O–H groups in total. The summed E-state index contributed by atoms with van der Waals surface area (Å²) < 4.78 is 7.20. The van der Waals surface area contributed by atoms with Gasteiger partial charge in [-0.2, -0.15) is 5.10 Å². The van der Waals surface area contributed by atoms with E-state index in [1.54, 1.807) is 24.4 Å². The van der Waals surface area contributed by atoms with E-state index < -0.39 is 0 Å². The van der Waals surface area contributed by atoms with Crippen molar-refractivity contribution in [2.45, 2.75) is 20.8 Å². The fourth-order valence-electron chi connectivity index (χ4n) is 4.49. The maximum atomic E-state index is 13.2. The van der Waals surface area contributed by atoms with Gasteiger partial charge in [0.25, 0.3) is 5.91 Å². The highest BCUT2D eigenvalue weighted by Gasteiger charge is 2.14. The van der Waals surface area contributed by atoms with E-state index in [0.29, 0.717) is 11.3 Å². The number of amides is 1. The molecule has 0 fully saturated rings. The first kappa shape index (κ1) is 24.6. The zero-order valence-corrected chi connectivity index (χ0v) is 21.3. The molecule has 2 aromatic heterocycles. The van der Waals surface area contributed by atoms with Crippen molar-refractivity contribution < 1.29 is 14.3 Å². The van der Waals surface area contributed by atoms with E-state index in [2.05, 4.69) is 15.1 Å². The number of benzene rings is 3. The minimum absolute atomic E-state index is 0.313. The Bertz CT molecular complexity index is 1670. The molecule has 38 heavy (non-hydrogen) atoms. The number of aryl methyl sites for hydroxylation is 1. The van der Waals surface area contributed by atoms with Crippen LogP contribution in [-0.4, -0.2) is 27.6 Å². The summed E-state index contributed by atoms with van der Waals surface area (Å²) in [5.74, 6) is -0.179. The first-order chi connectivity index (χ1) is 18.4. The molecule has 7 heteroatoms. The fraction of sp³-hybridized carbons (Fsp3) is 0.0968. The van der Waals surface area contributed by atoms with Crippen molar-refractivity contribution in [1.29, 1.82) is 0 Å². The third-order valence-electron chi connectivity index (χ3n) is 6.23.